The predicted octanol–water partition coefficient (Wildman–Crippen LogP) is 3.99. The molecule has 2 N–H and O–H groups in total. The summed E-state index contributed by atoms with van der Waals surface area (Å²) < 4.78 is 5.53. The zero-order chi connectivity index (χ0) is 17.5. The van der Waals surface area contributed by atoms with E-state index in [0.717, 1.165) is 35.4 Å². The Balaban J connectivity index is 1.45. The van der Waals surface area contributed by atoms with E-state index in [9.17, 15) is 4.79 Å². The molecule has 2 heterocycles. The zero-order valence-electron chi connectivity index (χ0n) is 14.4. The number of nitrogens with zero attached hydrogens (tertiary/aromatic N) is 2. The molecule has 6 nitrogen and oxygen atoms in total. The van der Waals surface area contributed by atoms with Gasteiger partial charge in [-0.05, 0) is 48.9 Å². The molecule has 2 aliphatic rings. The first kappa shape index (κ1) is 15.4. The van der Waals surface area contributed by atoms with E-state index in [4.69, 9.17) is 4.42 Å². The van der Waals surface area contributed by atoms with E-state index >= 15 is 0 Å². The fourth-order valence-corrected chi connectivity index (χ4v) is 3.45. The number of aromatic nitrogens is 2. The molecule has 0 amide bonds. The van der Waals surface area contributed by atoms with Crippen LogP contribution in [0.5, 0.6) is 0 Å². The third-order valence-corrected chi connectivity index (χ3v) is 4.97. The van der Waals surface area contributed by atoms with Gasteiger partial charge in [0.05, 0.1) is 6.26 Å². The summed E-state index contributed by atoms with van der Waals surface area (Å²) in [6.07, 6.45) is 7.04. The first-order valence-corrected chi connectivity index (χ1v) is 9.17. The summed E-state index contributed by atoms with van der Waals surface area (Å²) in [6, 6.07) is 8.49. The monoisotopic (exact) mass is 348 g/mol. The standard InChI is InChI=1S/C20H20N4O2/c25-16-3-1-2-12-10-15(5-4-13(12)11-16)22-20-23-17-8-9-26-18(17)19(24-20)21-14-6-7-14/h4-5,8-10,14H,1-3,6-7,11H2,(H2,21,22,23,24). The van der Waals surface area contributed by atoms with Gasteiger partial charge in [0.1, 0.15) is 11.3 Å². The largest absolute Gasteiger partial charge is 0.459 e. The summed E-state index contributed by atoms with van der Waals surface area (Å²) >= 11 is 0. The SMILES string of the molecule is O=C1CCCc2cc(Nc3nc(NC4CC4)c4occc4n3)ccc2C1. The lowest BCUT2D eigenvalue weighted by molar-refractivity contribution is -0.118. The summed E-state index contributed by atoms with van der Waals surface area (Å²) in [5.74, 6) is 1.62. The van der Waals surface area contributed by atoms with Gasteiger partial charge in [-0.1, -0.05) is 6.07 Å². The van der Waals surface area contributed by atoms with Crippen LogP contribution in [0, 0.1) is 0 Å². The molecule has 3 aromatic rings. The number of furan rings is 1. The predicted molar refractivity (Wildman–Crippen MR) is 99.8 cm³/mol. The van der Waals surface area contributed by atoms with Crippen molar-refractivity contribution in [3.8, 4) is 0 Å². The second kappa shape index (κ2) is 6.12. The summed E-state index contributed by atoms with van der Waals surface area (Å²) in [5, 5.41) is 6.72. The quantitative estimate of drug-likeness (QED) is 0.694. The molecule has 6 heteroatoms. The van der Waals surface area contributed by atoms with Gasteiger partial charge in [0.2, 0.25) is 5.95 Å². The van der Waals surface area contributed by atoms with Crippen LogP contribution in [0.15, 0.2) is 34.9 Å². The van der Waals surface area contributed by atoms with Crippen molar-refractivity contribution in [2.24, 2.45) is 0 Å². The van der Waals surface area contributed by atoms with Crippen LogP contribution in [0.25, 0.3) is 11.1 Å². The number of carbonyl (C=O) groups excluding carboxylic acids is 1. The maximum atomic E-state index is 11.8. The highest BCUT2D eigenvalue weighted by atomic mass is 16.3. The molecule has 0 bridgehead atoms. The highest BCUT2D eigenvalue weighted by molar-refractivity contribution is 5.85. The molecular formula is C20H20N4O2. The first-order valence-electron chi connectivity index (χ1n) is 9.17. The molecular weight excluding hydrogens is 328 g/mol. The van der Waals surface area contributed by atoms with Crippen molar-refractivity contribution in [2.75, 3.05) is 10.6 Å². The van der Waals surface area contributed by atoms with Gasteiger partial charge in [-0.3, -0.25) is 4.79 Å². The molecule has 1 aromatic carbocycles. The molecule has 1 saturated carbocycles. The van der Waals surface area contributed by atoms with Gasteiger partial charge in [-0.25, -0.2) is 4.98 Å². The molecule has 132 valence electrons. The lowest BCUT2D eigenvalue weighted by Gasteiger charge is -2.11. The maximum Gasteiger partial charge on any atom is 0.229 e. The van der Waals surface area contributed by atoms with Crippen molar-refractivity contribution in [2.45, 2.75) is 44.6 Å². The van der Waals surface area contributed by atoms with Gasteiger partial charge < -0.3 is 15.1 Å². The van der Waals surface area contributed by atoms with Crippen LogP contribution in [0.3, 0.4) is 0 Å². The summed E-state index contributed by atoms with van der Waals surface area (Å²) in [6.45, 7) is 0. The minimum Gasteiger partial charge on any atom is -0.459 e. The number of Topliss-reactive ketones (excluding diaryl/α,β-unsaturated/α-hetero) is 1. The van der Waals surface area contributed by atoms with Gasteiger partial charge in [-0.2, -0.15) is 4.98 Å². The lowest BCUT2D eigenvalue weighted by Crippen LogP contribution is -2.06. The second-order valence-corrected chi connectivity index (χ2v) is 7.13. The second-order valence-electron chi connectivity index (χ2n) is 7.13. The van der Waals surface area contributed by atoms with E-state index in [0.29, 0.717) is 36.2 Å². The zero-order valence-corrected chi connectivity index (χ0v) is 14.4. The fourth-order valence-electron chi connectivity index (χ4n) is 3.45. The van der Waals surface area contributed by atoms with Crippen LogP contribution in [-0.4, -0.2) is 21.8 Å². The summed E-state index contributed by atoms with van der Waals surface area (Å²) in [4.78, 5) is 21.0. The molecule has 0 spiro atoms. The molecule has 2 aliphatic carbocycles. The van der Waals surface area contributed by atoms with Crippen molar-refractivity contribution >= 4 is 34.3 Å². The number of rotatable bonds is 4. The molecule has 0 aliphatic heterocycles. The number of ketones is 1. The fraction of sp³-hybridized carbons (Fsp3) is 0.350. The van der Waals surface area contributed by atoms with E-state index in [2.05, 4.69) is 26.7 Å². The van der Waals surface area contributed by atoms with Gasteiger partial charge in [-0.15, -0.1) is 0 Å². The van der Waals surface area contributed by atoms with E-state index in [1.165, 1.54) is 18.4 Å². The van der Waals surface area contributed by atoms with Crippen LogP contribution in [0.2, 0.25) is 0 Å². The Bertz CT molecular complexity index is 991. The average Bonchev–Trinajstić information content (AvgIpc) is 3.34. The smallest absolute Gasteiger partial charge is 0.229 e. The lowest BCUT2D eigenvalue weighted by atomic mass is 10.0. The van der Waals surface area contributed by atoms with E-state index in [1.54, 1.807) is 6.26 Å². The first-order chi connectivity index (χ1) is 12.7. The number of benzene rings is 1. The number of hydrogen-bond donors (Lipinski definition) is 2. The molecule has 0 atom stereocenters. The number of anilines is 3. The number of carbonyl (C=O) groups is 1. The highest BCUT2D eigenvalue weighted by Gasteiger charge is 2.24. The summed E-state index contributed by atoms with van der Waals surface area (Å²) in [7, 11) is 0. The van der Waals surface area contributed by atoms with Gasteiger partial charge >= 0.3 is 0 Å². The number of fused-ring (bicyclic) bond motifs is 2. The molecule has 2 aromatic heterocycles. The van der Waals surface area contributed by atoms with Crippen molar-refractivity contribution < 1.29 is 9.21 Å². The number of hydrogen-bond acceptors (Lipinski definition) is 6. The number of nitrogens with one attached hydrogen (secondary N) is 2. The molecule has 5 rings (SSSR count). The van der Waals surface area contributed by atoms with Crippen molar-refractivity contribution in [3.05, 3.63) is 41.7 Å². The van der Waals surface area contributed by atoms with Crippen LogP contribution in [0.1, 0.15) is 36.8 Å². The Kier molecular flexibility index (Phi) is 3.62. The molecule has 26 heavy (non-hydrogen) atoms. The Morgan fingerprint density at radius 3 is 2.88 bits per heavy atom. The van der Waals surface area contributed by atoms with Crippen molar-refractivity contribution in [3.63, 3.8) is 0 Å². The third-order valence-electron chi connectivity index (χ3n) is 4.97. The normalized spacial score (nSPS) is 17.0. The van der Waals surface area contributed by atoms with Crippen LogP contribution < -0.4 is 10.6 Å². The van der Waals surface area contributed by atoms with E-state index in [-0.39, 0.29) is 0 Å². The van der Waals surface area contributed by atoms with Crippen LogP contribution in [0.4, 0.5) is 17.5 Å². The van der Waals surface area contributed by atoms with E-state index in [1.807, 2.05) is 18.2 Å². The molecule has 0 saturated heterocycles. The topological polar surface area (TPSA) is 80.0 Å². The Morgan fingerprint density at radius 1 is 1.08 bits per heavy atom. The molecule has 0 radical (unpaired) electrons. The van der Waals surface area contributed by atoms with Gasteiger partial charge in [0.15, 0.2) is 11.4 Å². The Hall–Kier alpha value is -2.89. The molecule has 0 unspecified atom stereocenters. The van der Waals surface area contributed by atoms with E-state index < -0.39 is 0 Å². The van der Waals surface area contributed by atoms with Crippen LogP contribution in [-0.2, 0) is 17.6 Å². The third kappa shape index (κ3) is 3.03. The number of aryl methyl sites for hydroxylation is 1. The van der Waals surface area contributed by atoms with Crippen molar-refractivity contribution in [1.29, 1.82) is 0 Å². The average molecular weight is 348 g/mol. The minimum absolute atomic E-state index is 0.328. The molecule has 1 fully saturated rings. The van der Waals surface area contributed by atoms with Crippen molar-refractivity contribution in [1.82, 2.24) is 9.97 Å². The minimum atomic E-state index is 0.328. The van der Waals surface area contributed by atoms with Crippen LogP contribution >= 0.6 is 0 Å². The maximum absolute atomic E-state index is 11.8. The van der Waals surface area contributed by atoms with Gasteiger partial charge in [0.25, 0.3) is 0 Å². The highest BCUT2D eigenvalue weighted by Crippen LogP contribution is 2.30. The Labute approximate surface area is 151 Å². The van der Waals surface area contributed by atoms with Gasteiger partial charge in [0, 0.05) is 30.6 Å². The Morgan fingerprint density at radius 2 is 2.00 bits per heavy atom. The summed E-state index contributed by atoms with van der Waals surface area (Å²) in [5.41, 5.74) is 4.80.